The van der Waals surface area contributed by atoms with E-state index < -0.39 is 29.9 Å². The van der Waals surface area contributed by atoms with Crippen LogP contribution in [0, 0.1) is 11.8 Å². The van der Waals surface area contributed by atoms with E-state index in [1.54, 1.807) is 37.4 Å². The van der Waals surface area contributed by atoms with Gasteiger partial charge in [0.1, 0.15) is 11.6 Å². The van der Waals surface area contributed by atoms with Gasteiger partial charge in [-0.15, -0.1) is 0 Å². The van der Waals surface area contributed by atoms with Crippen LogP contribution in [0.1, 0.15) is 54.7 Å². The summed E-state index contributed by atoms with van der Waals surface area (Å²) in [6.07, 6.45) is 0.795. The molecule has 10 nitrogen and oxygen atoms in total. The third-order valence-electron chi connectivity index (χ3n) is 6.25. The molecule has 39 heavy (non-hydrogen) atoms. The van der Waals surface area contributed by atoms with Crippen LogP contribution in [-0.2, 0) is 16.1 Å². The third kappa shape index (κ3) is 8.18. The maximum Gasteiger partial charge on any atom is 0.335 e. The summed E-state index contributed by atoms with van der Waals surface area (Å²) in [4.78, 5) is 49.6. The maximum absolute atomic E-state index is 13.7. The monoisotopic (exact) mass is 558 g/mol. The lowest BCUT2D eigenvalue weighted by atomic mass is 9.97. The minimum absolute atomic E-state index is 0.0969. The molecule has 0 saturated carbocycles. The first-order valence-electron chi connectivity index (χ1n) is 12.8. The largest absolute Gasteiger partial charge is 0.496 e. The molecule has 0 unspecified atom stereocenters. The average Bonchev–Trinajstić information content (AvgIpc) is 3.06. The van der Waals surface area contributed by atoms with Gasteiger partial charge in [-0.05, 0) is 60.2 Å². The van der Waals surface area contributed by atoms with Crippen molar-refractivity contribution in [3.8, 4) is 5.75 Å². The van der Waals surface area contributed by atoms with E-state index in [9.17, 15) is 19.5 Å². The summed E-state index contributed by atoms with van der Waals surface area (Å²) in [5.74, 6) is -0.858. The van der Waals surface area contributed by atoms with Crippen molar-refractivity contribution in [3.63, 3.8) is 0 Å². The van der Waals surface area contributed by atoms with E-state index in [0.29, 0.717) is 29.6 Å². The Morgan fingerprint density at radius 3 is 2.54 bits per heavy atom. The molecule has 3 rings (SSSR count). The Morgan fingerprint density at radius 2 is 1.92 bits per heavy atom. The van der Waals surface area contributed by atoms with Crippen molar-refractivity contribution in [1.82, 2.24) is 15.7 Å². The SMILES string of the molecule is CC[C@@H](NC(=O)N1CC(NOCC(C)C)=NC[C@@H](Cc2cc(Cl)ccc2OC)C1=O)c1ccc(C(=O)O)cc1. The molecule has 2 atom stereocenters. The molecule has 1 aliphatic rings. The lowest BCUT2D eigenvalue weighted by Gasteiger charge is -2.26. The Labute approximate surface area is 233 Å². The Bertz CT molecular complexity index is 1200. The van der Waals surface area contributed by atoms with Gasteiger partial charge in [-0.1, -0.05) is 44.5 Å². The van der Waals surface area contributed by atoms with Crippen molar-refractivity contribution in [1.29, 1.82) is 0 Å². The van der Waals surface area contributed by atoms with Gasteiger partial charge in [0.15, 0.2) is 0 Å². The van der Waals surface area contributed by atoms with Gasteiger partial charge < -0.3 is 15.2 Å². The smallest absolute Gasteiger partial charge is 0.335 e. The number of aromatic carboxylic acids is 1. The van der Waals surface area contributed by atoms with Crippen LogP contribution in [0.15, 0.2) is 47.5 Å². The normalized spacial score (nSPS) is 16.4. The number of ether oxygens (including phenoxy) is 1. The molecule has 2 aromatic carbocycles. The van der Waals surface area contributed by atoms with Gasteiger partial charge in [0.25, 0.3) is 0 Å². The number of carbonyl (C=O) groups excluding carboxylic acids is 2. The molecule has 0 aliphatic carbocycles. The number of amides is 3. The van der Waals surface area contributed by atoms with E-state index in [4.69, 9.17) is 21.2 Å². The molecular weight excluding hydrogens is 524 g/mol. The van der Waals surface area contributed by atoms with Crippen LogP contribution in [0.5, 0.6) is 5.75 Å². The number of benzene rings is 2. The standard InChI is InChI=1S/C28H35ClN4O6/c1-5-23(18-6-8-19(9-7-18)27(35)36)31-28(37)33-15-25(32-39-16-17(2)3)30-14-21(26(33)34)12-20-13-22(29)10-11-24(20)38-4/h6-11,13,17,21,23H,5,12,14-16H2,1-4H3,(H,30,32)(H,31,37)(H,35,36)/t21-,23-/m1/s1. The molecule has 0 spiro atoms. The number of aliphatic imine (C=N–C) groups is 1. The van der Waals surface area contributed by atoms with Crippen LogP contribution in [-0.4, -0.2) is 60.6 Å². The van der Waals surface area contributed by atoms with Crippen LogP contribution >= 0.6 is 11.6 Å². The summed E-state index contributed by atoms with van der Waals surface area (Å²) >= 11 is 6.20. The van der Waals surface area contributed by atoms with Crippen LogP contribution in [0.25, 0.3) is 0 Å². The molecule has 11 heteroatoms. The molecule has 0 aromatic heterocycles. The summed E-state index contributed by atoms with van der Waals surface area (Å²) in [6.45, 7) is 6.36. The molecule has 2 aromatic rings. The lowest BCUT2D eigenvalue weighted by molar-refractivity contribution is -0.131. The topological polar surface area (TPSA) is 130 Å². The van der Waals surface area contributed by atoms with Crippen molar-refractivity contribution in [2.45, 2.75) is 39.7 Å². The maximum atomic E-state index is 13.7. The fraction of sp³-hybridized carbons (Fsp3) is 0.429. The fourth-order valence-electron chi connectivity index (χ4n) is 4.15. The van der Waals surface area contributed by atoms with E-state index >= 15 is 0 Å². The number of carboxylic acid groups (broad SMARTS) is 1. The van der Waals surface area contributed by atoms with Gasteiger partial charge in [-0.25, -0.2) is 9.59 Å². The van der Waals surface area contributed by atoms with E-state index in [1.807, 2.05) is 20.8 Å². The number of nitrogens with one attached hydrogen (secondary N) is 2. The Morgan fingerprint density at radius 1 is 1.21 bits per heavy atom. The summed E-state index contributed by atoms with van der Waals surface area (Å²) in [7, 11) is 1.54. The predicted octanol–water partition coefficient (Wildman–Crippen LogP) is 4.48. The summed E-state index contributed by atoms with van der Waals surface area (Å²) < 4.78 is 5.45. The number of urea groups is 1. The first-order chi connectivity index (χ1) is 18.6. The number of hydrogen-bond donors (Lipinski definition) is 3. The van der Waals surface area contributed by atoms with Crippen LogP contribution in [0.2, 0.25) is 5.02 Å². The van der Waals surface area contributed by atoms with Crippen molar-refractivity contribution in [2.75, 3.05) is 26.8 Å². The number of rotatable bonds is 10. The number of halogens is 1. The summed E-state index contributed by atoms with van der Waals surface area (Å²) in [5.41, 5.74) is 4.41. The summed E-state index contributed by atoms with van der Waals surface area (Å²) in [6, 6.07) is 10.4. The number of imide groups is 1. The Kier molecular flexibility index (Phi) is 10.7. The van der Waals surface area contributed by atoms with Crippen LogP contribution in [0.3, 0.4) is 0 Å². The molecule has 3 N–H and O–H groups in total. The minimum atomic E-state index is -1.03. The number of hydroxylamine groups is 1. The highest BCUT2D eigenvalue weighted by molar-refractivity contribution is 6.30. The zero-order chi connectivity index (χ0) is 28.5. The third-order valence-corrected chi connectivity index (χ3v) is 6.49. The van der Waals surface area contributed by atoms with Gasteiger partial charge in [-0.2, -0.15) is 0 Å². The molecule has 0 bridgehead atoms. The summed E-state index contributed by atoms with van der Waals surface area (Å²) in [5, 5.41) is 12.6. The molecule has 0 fully saturated rings. The first-order valence-corrected chi connectivity index (χ1v) is 13.2. The second kappa shape index (κ2) is 14.0. The first kappa shape index (κ1) is 29.9. The highest BCUT2D eigenvalue weighted by Gasteiger charge is 2.34. The number of nitrogens with zero attached hydrogens (tertiary/aromatic N) is 2. The van der Waals surface area contributed by atoms with E-state index in [1.165, 1.54) is 12.1 Å². The predicted molar refractivity (Wildman–Crippen MR) is 148 cm³/mol. The average molecular weight is 559 g/mol. The van der Waals surface area contributed by atoms with Crippen molar-refractivity contribution in [2.24, 2.45) is 16.8 Å². The van der Waals surface area contributed by atoms with E-state index in [0.717, 1.165) is 16.0 Å². The highest BCUT2D eigenvalue weighted by atomic mass is 35.5. The van der Waals surface area contributed by atoms with Crippen molar-refractivity contribution >= 4 is 35.3 Å². The molecule has 1 aliphatic heterocycles. The van der Waals surface area contributed by atoms with Gasteiger partial charge in [-0.3, -0.25) is 25.0 Å². The molecule has 3 amide bonds. The minimum Gasteiger partial charge on any atom is -0.496 e. The quantitative estimate of drug-likeness (QED) is 0.366. The van der Waals surface area contributed by atoms with Gasteiger partial charge in [0, 0.05) is 5.02 Å². The van der Waals surface area contributed by atoms with Crippen LogP contribution in [0.4, 0.5) is 4.79 Å². The molecule has 0 radical (unpaired) electrons. The van der Waals surface area contributed by atoms with Gasteiger partial charge >= 0.3 is 12.0 Å². The van der Waals surface area contributed by atoms with Crippen molar-refractivity contribution in [3.05, 3.63) is 64.2 Å². The van der Waals surface area contributed by atoms with E-state index in [2.05, 4.69) is 15.8 Å². The van der Waals surface area contributed by atoms with E-state index in [-0.39, 0.29) is 31.0 Å². The molecular formula is C28H35ClN4O6. The Hall–Kier alpha value is -3.63. The van der Waals surface area contributed by atoms with Crippen LogP contribution < -0.4 is 15.5 Å². The number of carbonyl (C=O) groups is 3. The number of amidine groups is 1. The highest BCUT2D eigenvalue weighted by Crippen LogP contribution is 2.27. The number of hydrogen-bond acceptors (Lipinski definition) is 7. The second-order valence-corrected chi connectivity index (χ2v) is 10.1. The molecule has 1 heterocycles. The van der Waals surface area contributed by atoms with Crippen molar-refractivity contribution < 1.29 is 29.1 Å². The molecule has 0 saturated heterocycles. The number of carboxylic acids is 1. The van der Waals surface area contributed by atoms with Gasteiger partial charge in [0.05, 0.1) is 44.3 Å². The Balaban J connectivity index is 1.85. The zero-order valence-corrected chi connectivity index (χ0v) is 23.3. The molecule has 210 valence electrons. The number of methoxy groups -OCH3 is 1. The lowest BCUT2D eigenvalue weighted by Crippen LogP contribution is -2.50. The zero-order valence-electron chi connectivity index (χ0n) is 22.6. The van der Waals surface area contributed by atoms with Gasteiger partial charge in [0.2, 0.25) is 5.91 Å². The fourth-order valence-corrected chi connectivity index (χ4v) is 4.35. The second-order valence-electron chi connectivity index (χ2n) is 9.71.